The van der Waals surface area contributed by atoms with Crippen molar-refractivity contribution in [3.63, 3.8) is 0 Å². The highest BCUT2D eigenvalue weighted by Crippen LogP contribution is 2.37. The van der Waals surface area contributed by atoms with Crippen molar-refractivity contribution in [2.45, 2.75) is 59.4 Å². The number of hydrogen-bond donors (Lipinski definition) is 1. The molecule has 44 heavy (non-hydrogen) atoms. The molecule has 0 unspecified atom stereocenters. The highest BCUT2D eigenvalue weighted by molar-refractivity contribution is 5.98. The van der Waals surface area contributed by atoms with E-state index in [1.165, 1.54) is 25.7 Å². The summed E-state index contributed by atoms with van der Waals surface area (Å²) in [5, 5.41) is 3.04. The lowest BCUT2D eigenvalue weighted by Crippen LogP contribution is -2.56. The van der Waals surface area contributed by atoms with Crippen molar-refractivity contribution >= 4 is 17.7 Å². The first-order valence-corrected chi connectivity index (χ1v) is 15.1. The fourth-order valence-corrected chi connectivity index (χ4v) is 5.71. The second-order valence-corrected chi connectivity index (χ2v) is 12.5. The molecule has 0 radical (unpaired) electrons. The van der Waals surface area contributed by atoms with Crippen molar-refractivity contribution in [1.82, 2.24) is 25.1 Å². The van der Waals surface area contributed by atoms with E-state index in [1.807, 2.05) is 37.9 Å². The monoisotopic (exact) mass is 620 g/mol. The smallest absolute Gasteiger partial charge is 0.426 e. The summed E-state index contributed by atoms with van der Waals surface area (Å²) >= 11 is 0. The van der Waals surface area contributed by atoms with Crippen molar-refractivity contribution < 1.29 is 32.2 Å². The van der Waals surface area contributed by atoms with E-state index in [1.54, 1.807) is 18.3 Å². The van der Waals surface area contributed by atoms with Crippen LogP contribution in [0.1, 0.15) is 51.5 Å². The number of carbonyl (C=O) groups is 2. The molecule has 2 aliphatic rings. The van der Waals surface area contributed by atoms with Gasteiger partial charge in [-0.1, -0.05) is 27.7 Å². The number of anilines is 1. The number of piperazine rings is 1. The summed E-state index contributed by atoms with van der Waals surface area (Å²) in [5.74, 6) is 0.434. The number of carbonyl (C=O) groups excluding carboxylic acids is 2. The lowest BCUT2D eigenvalue weighted by atomic mass is 9.88. The standard InChI is InChI=1S/C31H43F3N6O4/c1-7-21-19-39(29(42)44-28(30(3,4)5)31(32,33)34)14-15-40(21)24-12-11-23(22-10-9-13-35-27(22)43-8-2)37-25(24)26(41)36-16-20-17-38(6)18-20/h9-13,20-21,28H,7-8,14-19H2,1-6H3,(H,36,41)/t21-,28-/m1/s1. The number of ether oxygens (including phenoxy) is 2. The van der Waals surface area contributed by atoms with Gasteiger partial charge < -0.3 is 29.5 Å². The van der Waals surface area contributed by atoms with E-state index in [0.29, 0.717) is 48.3 Å². The van der Waals surface area contributed by atoms with E-state index in [-0.39, 0.29) is 37.3 Å². The third-order valence-electron chi connectivity index (χ3n) is 7.93. The average Bonchev–Trinajstić information content (AvgIpc) is 2.96. The van der Waals surface area contributed by atoms with Crippen LogP contribution in [0.3, 0.4) is 0 Å². The Morgan fingerprint density at radius 2 is 1.82 bits per heavy atom. The molecule has 2 atom stereocenters. The zero-order valence-electron chi connectivity index (χ0n) is 26.3. The van der Waals surface area contributed by atoms with Gasteiger partial charge in [-0.25, -0.2) is 14.8 Å². The minimum Gasteiger partial charge on any atom is -0.477 e. The summed E-state index contributed by atoms with van der Waals surface area (Å²) in [5.41, 5.74) is 0.658. The van der Waals surface area contributed by atoms with Gasteiger partial charge in [0, 0.05) is 62.8 Å². The van der Waals surface area contributed by atoms with Crippen molar-refractivity contribution in [2.75, 3.05) is 57.8 Å². The summed E-state index contributed by atoms with van der Waals surface area (Å²) in [6.07, 6.45) is -5.74. The Hall–Kier alpha value is -3.61. The maximum atomic E-state index is 13.7. The van der Waals surface area contributed by atoms with E-state index >= 15 is 0 Å². The van der Waals surface area contributed by atoms with Crippen LogP contribution in [0, 0.1) is 11.3 Å². The fraction of sp³-hybridized carbons (Fsp3) is 0.613. The first-order chi connectivity index (χ1) is 20.7. The largest absolute Gasteiger partial charge is 0.477 e. The Labute approximate surface area is 256 Å². The van der Waals surface area contributed by atoms with E-state index in [0.717, 1.165) is 13.1 Å². The van der Waals surface area contributed by atoms with Gasteiger partial charge in [-0.05, 0) is 44.7 Å². The molecule has 2 aromatic heterocycles. The molecule has 4 heterocycles. The molecular formula is C31H43F3N6O4. The molecule has 2 aliphatic heterocycles. The van der Waals surface area contributed by atoms with E-state index in [2.05, 4.69) is 15.2 Å². The highest BCUT2D eigenvalue weighted by atomic mass is 19.4. The second kappa shape index (κ2) is 13.6. The molecule has 0 bridgehead atoms. The molecule has 4 rings (SSSR count). The number of alkyl halides is 3. The third-order valence-corrected chi connectivity index (χ3v) is 7.93. The van der Waals surface area contributed by atoms with Crippen molar-refractivity contribution in [3.8, 4) is 17.1 Å². The Morgan fingerprint density at radius 1 is 1.09 bits per heavy atom. The van der Waals surface area contributed by atoms with E-state index < -0.39 is 23.8 Å². The maximum absolute atomic E-state index is 13.7. The number of halogens is 3. The zero-order valence-corrected chi connectivity index (χ0v) is 26.3. The lowest BCUT2D eigenvalue weighted by Gasteiger charge is -2.43. The number of hydrogen-bond acceptors (Lipinski definition) is 8. The molecule has 0 spiro atoms. The number of rotatable bonds is 9. The predicted molar refractivity (Wildman–Crippen MR) is 161 cm³/mol. The van der Waals surface area contributed by atoms with Crippen LogP contribution in [0.5, 0.6) is 5.88 Å². The van der Waals surface area contributed by atoms with Crippen LogP contribution in [0.4, 0.5) is 23.7 Å². The molecule has 1 N–H and O–H groups in total. The molecule has 2 aromatic rings. The Morgan fingerprint density at radius 3 is 2.43 bits per heavy atom. The molecular weight excluding hydrogens is 577 g/mol. The summed E-state index contributed by atoms with van der Waals surface area (Å²) in [4.78, 5) is 41.2. The van der Waals surface area contributed by atoms with Crippen LogP contribution in [-0.4, -0.2) is 103 Å². The van der Waals surface area contributed by atoms with Gasteiger partial charge >= 0.3 is 12.3 Å². The highest BCUT2D eigenvalue weighted by Gasteiger charge is 2.50. The average molecular weight is 621 g/mol. The van der Waals surface area contributed by atoms with Crippen molar-refractivity contribution in [3.05, 3.63) is 36.2 Å². The topological polar surface area (TPSA) is 100 Å². The predicted octanol–water partition coefficient (Wildman–Crippen LogP) is 4.85. The third kappa shape index (κ3) is 7.72. The number of aromatic nitrogens is 2. The van der Waals surface area contributed by atoms with Crippen molar-refractivity contribution in [1.29, 1.82) is 0 Å². The van der Waals surface area contributed by atoms with Gasteiger partial charge in [0.2, 0.25) is 12.0 Å². The number of amides is 2. The molecule has 242 valence electrons. The summed E-state index contributed by atoms with van der Waals surface area (Å²) < 4.78 is 51.9. The van der Waals surface area contributed by atoms with Crippen LogP contribution >= 0.6 is 0 Å². The summed E-state index contributed by atoms with van der Waals surface area (Å²) in [6.45, 7) is 11.2. The SMILES string of the molecule is CCOc1ncccc1-c1ccc(N2CCN(C(=O)O[C@H](C(C)(C)C)C(F)(F)F)C[C@H]2CC)c(C(=O)NCC2CN(C)C2)n1. The first-order valence-electron chi connectivity index (χ1n) is 15.1. The molecule has 2 amide bonds. The Balaban J connectivity index is 1.60. The molecule has 2 saturated heterocycles. The van der Waals surface area contributed by atoms with Gasteiger partial charge in [0.1, 0.15) is 0 Å². The quantitative estimate of drug-likeness (QED) is 0.425. The number of nitrogens with one attached hydrogen (secondary N) is 1. The van der Waals surface area contributed by atoms with Crippen LogP contribution in [0.2, 0.25) is 0 Å². The van der Waals surface area contributed by atoms with Gasteiger partial charge in [-0.3, -0.25) is 4.79 Å². The molecule has 0 aromatic carbocycles. The van der Waals surface area contributed by atoms with E-state index in [9.17, 15) is 22.8 Å². The van der Waals surface area contributed by atoms with Gasteiger partial charge in [-0.2, -0.15) is 13.2 Å². The molecule has 13 heteroatoms. The minimum absolute atomic E-state index is 0.123. The molecule has 0 aliphatic carbocycles. The Bertz CT molecular complexity index is 1300. The fourth-order valence-electron chi connectivity index (χ4n) is 5.71. The van der Waals surface area contributed by atoms with Gasteiger partial charge in [0.15, 0.2) is 5.69 Å². The van der Waals surface area contributed by atoms with Crippen LogP contribution in [0.15, 0.2) is 30.5 Å². The summed E-state index contributed by atoms with van der Waals surface area (Å²) in [7, 11) is 2.03. The number of nitrogens with zero attached hydrogens (tertiary/aromatic N) is 5. The van der Waals surface area contributed by atoms with E-state index in [4.69, 9.17) is 14.5 Å². The normalized spacial score (nSPS) is 18.9. The van der Waals surface area contributed by atoms with Crippen LogP contribution < -0.4 is 15.0 Å². The minimum atomic E-state index is -4.69. The number of pyridine rings is 2. The number of likely N-dealkylation sites (tertiary alicyclic amines) is 1. The maximum Gasteiger partial charge on any atom is 0.426 e. The van der Waals surface area contributed by atoms with Crippen LogP contribution in [-0.2, 0) is 4.74 Å². The first kappa shape index (κ1) is 33.3. The summed E-state index contributed by atoms with van der Waals surface area (Å²) in [6, 6.07) is 6.95. The Kier molecular flexibility index (Phi) is 10.3. The van der Waals surface area contributed by atoms with Gasteiger partial charge in [-0.15, -0.1) is 0 Å². The van der Waals surface area contributed by atoms with Gasteiger partial charge in [0.25, 0.3) is 5.91 Å². The lowest BCUT2D eigenvalue weighted by molar-refractivity contribution is -0.232. The van der Waals surface area contributed by atoms with Crippen LogP contribution in [0.25, 0.3) is 11.3 Å². The zero-order chi connectivity index (χ0) is 32.2. The van der Waals surface area contributed by atoms with Crippen molar-refractivity contribution in [2.24, 2.45) is 11.3 Å². The van der Waals surface area contributed by atoms with Gasteiger partial charge in [0.05, 0.1) is 23.6 Å². The second-order valence-electron chi connectivity index (χ2n) is 12.5. The molecule has 0 saturated carbocycles. The molecule has 10 nitrogen and oxygen atoms in total. The molecule has 2 fully saturated rings.